The lowest BCUT2D eigenvalue weighted by molar-refractivity contribution is 0.627. The minimum Gasteiger partial charge on any atom is -0.211 e. The van der Waals surface area contributed by atoms with Crippen molar-refractivity contribution in [2.75, 3.05) is 0 Å². The van der Waals surface area contributed by atoms with Crippen molar-refractivity contribution >= 4 is 46.9 Å². The molecule has 0 aliphatic carbocycles. The van der Waals surface area contributed by atoms with Crippen molar-refractivity contribution < 1.29 is 4.39 Å². The Bertz CT molecular complexity index is 842. The lowest BCUT2D eigenvalue weighted by atomic mass is 10.2. The zero-order valence-corrected chi connectivity index (χ0v) is 14.4. The summed E-state index contributed by atoms with van der Waals surface area (Å²) < 4.78 is 16.1. The Labute approximate surface area is 145 Å². The SMILES string of the molecule is Fc1ccc(-n2nc(SCc3cccc(Cl)c3)sc2=S)cc1. The number of halogens is 2. The highest BCUT2D eigenvalue weighted by Gasteiger charge is 2.07. The summed E-state index contributed by atoms with van der Waals surface area (Å²) in [6, 6.07) is 13.9. The summed E-state index contributed by atoms with van der Waals surface area (Å²) in [6.07, 6.45) is 0. The predicted molar refractivity (Wildman–Crippen MR) is 93.2 cm³/mol. The Morgan fingerprint density at radius 2 is 2.00 bits per heavy atom. The van der Waals surface area contributed by atoms with Crippen LogP contribution >= 0.6 is 46.9 Å². The van der Waals surface area contributed by atoms with Crippen LogP contribution in [-0.2, 0) is 5.75 Å². The maximum Gasteiger partial charge on any atom is 0.184 e. The quantitative estimate of drug-likeness (QED) is 0.431. The molecule has 22 heavy (non-hydrogen) atoms. The predicted octanol–water partition coefficient (Wildman–Crippen LogP) is 5.75. The van der Waals surface area contributed by atoms with E-state index in [2.05, 4.69) is 5.10 Å². The number of nitrogens with zero attached hydrogens (tertiary/aromatic N) is 2. The van der Waals surface area contributed by atoms with Crippen molar-refractivity contribution in [2.24, 2.45) is 0 Å². The Morgan fingerprint density at radius 3 is 2.73 bits per heavy atom. The minimum absolute atomic E-state index is 0.277. The van der Waals surface area contributed by atoms with Crippen LogP contribution in [0.3, 0.4) is 0 Å². The largest absolute Gasteiger partial charge is 0.211 e. The van der Waals surface area contributed by atoms with Crippen molar-refractivity contribution in [3.63, 3.8) is 0 Å². The van der Waals surface area contributed by atoms with E-state index in [0.29, 0.717) is 3.95 Å². The third-order valence-corrected chi connectivity index (χ3v) is 5.52. The molecule has 0 fully saturated rings. The molecule has 112 valence electrons. The molecule has 0 unspecified atom stereocenters. The smallest absolute Gasteiger partial charge is 0.184 e. The van der Waals surface area contributed by atoms with Gasteiger partial charge in [-0.2, -0.15) is 0 Å². The number of benzene rings is 2. The van der Waals surface area contributed by atoms with Gasteiger partial charge in [-0.05, 0) is 54.2 Å². The third kappa shape index (κ3) is 3.76. The number of rotatable bonds is 4. The second-order valence-corrected chi connectivity index (χ2v) is 7.72. The third-order valence-electron chi connectivity index (χ3n) is 2.85. The molecule has 0 atom stereocenters. The first-order valence-corrected chi connectivity index (χ1v) is 8.94. The van der Waals surface area contributed by atoms with Crippen LogP contribution in [-0.4, -0.2) is 9.78 Å². The van der Waals surface area contributed by atoms with E-state index in [1.54, 1.807) is 28.6 Å². The van der Waals surface area contributed by atoms with Gasteiger partial charge in [0.05, 0.1) is 5.69 Å². The topological polar surface area (TPSA) is 17.8 Å². The molecule has 1 heterocycles. The van der Waals surface area contributed by atoms with Gasteiger partial charge >= 0.3 is 0 Å². The van der Waals surface area contributed by atoms with Gasteiger partial charge in [0.2, 0.25) is 0 Å². The Morgan fingerprint density at radius 1 is 1.23 bits per heavy atom. The molecule has 7 heteroatoms. The van der Waals surface area contributed by atoms with Crippen molar-refractivity contribution in [3.05, 3.63) is 68.9 Å². The molecule has 0 saturated carbocycles. The molecule has 2 aromatic carbocycles. The van der Waals surface area contributed by atoms with Crippen LogP contribution < -0.4 is 0 Å². The van der Waals surface area contributed by atoms with E-state index < -0.39 is 0 Å². The van der Waals surface area contributed by atoms with Gasteiger partial charge in [-0.15, -0.1) is 5.10 Å². The van der Waals surface area contributed by atoms with E-state index in [1.165, 1.54) is 23.5 Å². The van der Waals surface area contributed by atoms with Gasteiger partial charge in [0.1, 0.15) is 5.82 Å². The minimum atomic E-state index is -0.277. The first kappa shape index (κ1) is 15.7. The van der Waals surface area contributed by atoms with E-state index in [4.69, 9.17) is 23.8 Å². The maximum absolute atomic E-state index is 13.0. The van der Waals surface area contributed by atoms with E-state index in [0.717, 1.165) is 26.4 Å². The first-order chi connectivity index (χ1) is 10.6. The number of hydrogen-bond donors (Lipinski definition) is 0. The van der Waals surface area contributed by atoms with Crippen molar-refractivity contribution in [1.29, 1.82) is 0 Å². The first-order valence-electron chi connectivity index (χ1n) is 6.35. The average molecular weight is 369 g/mol. The summed E-state index contributed by atoms with van der Waals surface area (Å²) in [5.74, 6) is 0.493. The summed E-state index contributed by atoms with van der Waals surface area (Å²) >= 11 is 14.3. The standard InChI is InChI=1S/C15H10ClFN2S3/c16-11-3-1-2-10(8-11)9-21-14-18-19(15(20)22-14)13-6-4-12(17)5-7-13/h1-8H,9H2. The monoisotopic (exact) mass is 368 g/mol. The summed E-state index contributed by atoms with van der Waals surface area (Å²) in [7, 11) is 0. The lowest BCUT2D eigenvalue weighted by Gasteiger charge is -2.00. The van der Waals surface area contributed by atoms with Crippen molar-refractivity contribution in [2.45, 2.75) is 10.1 Å². The molecular formula is C15H10ClFN2S3. The van der Waals surface area contributed by atoms with Gasteiger partial charge < -0.3 is 0 Å². The Balaban J connectivity index is 1.77. The van der Waals surface area contributed by atoms with E-state index in [-0.39, 0.29) is 5.82 Å². The highest BCUT2D eigenvalue weighted by molar-refractivity contribution is 8.00. The molecule has 2 nitrogen and oxygen atoms in total. The van der Waals surface area contributed by atoms with Gasteiger partial charge in [-0.1, -0.05) is 46.8 Å². The molecule has 3 aromatic rings. The highest BCUT2D eigenvalue weighted by atomic mass is 35.5. The van der Waals surface area contributed by atoms with Crippen LogP contribution in [0.15, 0.2) is 52.9 Å². The van der Waals surface area contributed by atoms with Crippen LogP contribution in [0.1, 0.15) is 5.56 Å². The Hall–Kier alpha value is -1.21. The molecule has 0 aliphatic heterocycles. The zero-order chi connectivity index (χ0) is 15.5. The zero-order valence-electron chi connectivity index (χ0n) is 11.2. The van der Waals surface area contributed by atoms with Gasteiger partial charge in [0.25, 0.3) is 0 Å². The Kier molecular flexibility index (Phi) is 4.93. The average Bonchev–Trinajstić information content (AvgIpc) is 2.87. The maximum atomic E-state index is 13.0. The number of hydrogen-bond acceptors (Lipinski definition) is 4. The highest BCUT2D eigenvalue weighted by Crippen LogP contribution is 2.27. The van der Waals surface area contributed by atoms with E-state index >= 15 is 0 Å². The molecule has 0 N–H and O–H groups in total. The van der Waals surface area contributed by atoms with E-state index in [1.807, 2.05) is 24.3 Å². The molecule has 0 spiro atoms. The van der Waals surface area contributed by atoms with Crippen molar-refractivity contribution in [3.8, 4) is 5.69 Å². The second kappa shape index (κ2) is 6.91. The number of thioether (sulfide) groups is 1. The van der Waals surface area contributed by atoms with Crippen LogP contribution in [0.2, 0.25) is 5.02 Å². The molecular weight excluding hydrogens is 359 g/mol. The molecule has 0 amide bonds. The molecule has 3 rings (SSSR count). The van der Waals surface area contributed by atoms with Gasteiger partial charge in [0.15, 0.2) is 8.29 Å². The lowest BCUT2D eigenvalue weighted by Crippen LogP contribution is -1.96. The second-order valence-electron chi connectivity index (χ2n) is 4.44. The number of aromatic nitrogens is 2. The van der Waals surface area contributed by atoms with Crippen LogP contribution in [0, 0.1) is 9.77 Å². The molecule has 1 aromatic heterocycles. The summed E-state index contributed by atoms with van der Waals surface area (Å²) in [5.41, 5.74) is 1.89. The van der Waals surface area contributed by atoms with Gasteiger partial charge in [0, 0.05) is 10.8 Å². The fourth-order valence-electron chi connectivity index (χ4n) is 1.84. The fourth-order valence-corrected chi connectivity index (χ4v) is 4.35. The van der Waals surface area contributed by atoms with Crippen LogP contribution in [0.4, 0.5) is 4.39 Å². The van der Waals surface area contributed by atoms with Crippen molar-refractivity contribution in [1.82, 2.24) is 9.78 Å². The van der Waals surface area contributed by atoms with Crippen LogP contribution in [0.25, 0.3) is 5.69 Å². The van der Waals surface area contributed by atoms with Crippen LogP contribution in [0.5, 0.6) is 0 Å². The molecule has 0 bridgehead atoms. The summed E-state index contributed by atoms with van der Waals surface area (Å²) in [5, 5.41) is 5.21. The molecule has 0 aliphatic rings. The molecule has 0 radical (unpaired) electrons. The van der Waals surface area contributed by atoms with Gasteiger partial charge in [-0.3, -0.25) is 0 Å². The van der Waals surface area contributed by atoms with E-state index in [9.17, 15) is 4.39 Å². The summed E-state index contributed by atoms with van der Waals surface area (Å²) in [4.78, 5) is 0. The fraction of sp³-hybridized carbons (Fsp3) is 0.0667. The normalized spacial score (nSPS) is 10.8. The molecule has 0 saturated heterocycles. The van der Waals surface area contributed by atoms with Gasteiger partial charge in [-0.25, -0.2) is 9.07 Å². The summed E-state index contributed by atoms with van der Waals surface area (Å²) in [6.45, 7) is 0.